The van der Waals surface area contributed by atoms with E-state index < -0.39 is 11.7 Å². The Bertz CT molecular complexity index is 602. The zero-order valence-corrected chi connectivity index (χ0v) is 9.09. The van der Waals surface area contributed by atoms with Crippen LogP contribution in [-0.4, -0.2) is 21.1 Å². The summed E-state index contributed by atoms with van der Waals surface area (Å²) in [5.41, 5.74) is 0.0311. The number of carbonyl (C=O) groups excluding carboxylic acids is 1. The Morgan fingerprint density at radius 1 is 1.17 bits per heavy atom. The fourth-order valence-corrected chi connectivity index (χ4v) is 1.35. The predicted molar refractivity (Wildman–Crippen MR) is 61.9 cm³/mol. The Hall–Kier alpha value is -2.63. The van der Waals surface area contributed by atoms with Crippen LogP contribution >= 0.6 is 0 Å². The third kappa shape index (κ3) is 2.54. The van der Waals surface area contributed by atoms with Crippen LogP contribution in [0.4, 0.5) is 10.1 Å². The molecule has 1 aromatic carbocycles. The van der Waals surface area contributed by atoms with Gasteiger partial charge in [0.25, 0.3) is 5.91 Å². The summed E-state index contributed by atoms with van der Waals surface area (Å²) in [7, 11) is 0. The maximum Gasteiger partial charge on any atom is 0.257 e. The van der Waals surface area contributed by atoms with Crippen molar-refractivity contribution in [3.05, 3.63) is 48.0 Å². The first-order chi connectivity index (χ1) is 8.56. The highest BCUT2D eigenvalue weighted by atomic mass is 19.1. The number of phenolic OH excluding ortho intramolecular Hbond substituents is 1. The van der Waals surface area contributed by atoms with Crippen molar-refractivity contribution < 1.29 is 19.4 Å². The zero-order valence-electron chi connectivity index (χ0n) is 9.09. The van der Waals surface area contributed by atoms with Gasteiger partial charge in [0.05, 0.1) is 17.4 Å². The van der Waals surface area contributed by atoms with E-state index in [2.05, 4.69) is 10.3 Å². The van der Waals surface area contributed by atoms with Gasteiger partial charge in [-0.1, -0.05) is 0 Å². The number of amides is 1. The van der Waals surface area contributed by atoms with Gasteiger partial charge in [0.1, 0.15) is 17.3 Å². The summed E-state index contributed by atoms with van der Waals surface area (Å²) < 4.78 is 13.4. The van der Waals surface area contributed by atoms with Crippen LogP contribution in [0.15, 0.2) is 36.7 Å². The molecular weight excluding hydrogens is 239 g/mol. The number of pyridine rings is 1. The molecule has 0 aliphatic rings. The summed E-state index contributed by atoms with van der Waals surface area (Å²) in [6.07, 6.45) is 2.42. The highest BCUT2D eigenvalue weighted by molar-refractivity contribution is 6.04. The van der Waals surface area contributed by atoms with Crippen molar-refractivity contribution in [2.75, 3.05) is 5.32 Å². The van der Waals surface area contributed by atoms with Gasteiger partial charge in [-0.25, -0.2) is 4.39 Å². The van der Waals surface area contributed by atoms with Crippen molar-refractivity contribution in [2.45, 2.75) is 0 Å². The summed E-state index contributed by atoms with van der Waals surface area (Å²) in [6.45, 7) is 0. The predicted octanol–water partition coefficient (Wildman–Crippen LogP) is 1.88. The Morgan fingerprint density at radius 3 is 2.61 bits per heavy atom. The van der Waals surface area contributed by atoms with E-state index in [0.29, 0.717) is 0 Å². The molecule has 0 radical (unpaired) electrons. The first-order valence-electron chi connectivity index (χ1n) is 5.00. The van der Waals surface area contributed by atoms with Gasteiger partial charge in [0, 0.05) is 12.3 Å². The Labute approximate surface area is 102 Å². The molecule has 0 unspecified atom stereocenters. The molecule has 0 bridgehead atoms. The summed E-state index contributed by atoms with van der Waals surface area (Å²) in [5.74, 6) is -1.75. The van der Waals surface area contributed by atoms with Gasteiger partial charge in [0.2, 0.25) is 0 Å². The summed E-state index contributed by atoms with van der Waals surface area (Å²) in [5, 5.41) is 20.5. The number of nitrogens with one attached hydrogen (secondary N) is 1. The van der Waals surface area contributed by atoms with Crippen molar-refractivity contribution in [3.63, 3.8) is 0 Å². The van der Waals surface area contributed by atoms with Crippen LogP contribution in [0.25, 0.3) is 0 Å². The van der Waals surface area contributed by atoms with Gasteiger partial charge >= 0.3 is 0 Å². The SMILES string of the molecule is O=C(Nc1ccc(O)cc1F)c1cncc(O)c1. The summed E-state index contributed by atoms with van der Waals surface area (Å²) in [6, 6.07) is 4.58. The molecular formula is C12H9FN2O3. The normalized spacial score (nSPS) is 10.1. The molecule has 2 aromatic rings. The molecule has 0 aliphatic carbocycles. The number of carbonyl (C=O) groups is 1. The number of benzene rings is 1. The summed E-state index contributed by atoms with van der Waals surface area (Å²) in [4.78, 5) is 15.4. The number of nitrogens with zero attached hydrogens (tertiary/aromatic N) is 1. The lowest BCUT2D eigenvalue weighted by Gasteiger charge is -2.06. The molecule has 0 aliphatic heterocycles. The first kappa shape index (κ1) is 11.8. The molecule has 92 valence electrons. The molecule has 1 amide bonds. The van der Waals surface area contributed by atoms with Gasteiger partial charge in [0.15, 0.2) is 0 Å². The average Bonchev–Trinajstić information content (AvgIpc) is 2.32. The van der Waals surface area contributed by atoms with Crippen LogP contribution in [0.1, 0.15) is 10.4 Å². The van der Waals surface area contributed by atoms with E-state index in [1.165, 1.54) is 30.6 Å². The van der Waals surface area contributed by atoms with Crippen molar-refractivity contribution in [3.8, 4) is 11.5 Å². The van der Waals surface area contributed by atoms with Gasteiger partial charge < -0.3 is 15.5 Å². The number of hydrogen-bond acceptors (Lipinski definition) is 4. The second-order valence-electron chi connectivity index (χ2n) is 3.55. The third-order valence-electron chi connectivity index (χ3n) is 2.19. The molecule has 1 heterocycles. The van der Waals surface area contributed by atoms with Crippen molar-refractivity contribution >= 4 is 11.6 Å². The largest absolute Gasteiger partial charge is 0.508 e. The Morgan fingerprint density at radius 2 is 1.94 bits per heavy atom. The molecule has 0 saturated heterocycles. The van der Waals surface area contributed by atoms with Gasteiger partial charge in [-0.05, 0) is 18.2 Å². The number of phenols is 1. The lowest BCUT2D eigenvalue weighted by molar-refractivity contribution is 0.102. The number of aromatic nitrogens is 1. The Kier molecular flexibility index (Phi) is 3.09. The van der Waals surface area contributed by atoms with E-state index in [9.17, 15) is 9.18 Å². The number of anilines is 1. The quantitative estimate of drug-likeness (QED) is 0.709. The van der Waals surface area contributed by atoms with Crippen LogP contribution in [0.3, 0.4) is 0 Å². The van der Waals surface area contributed by atoms with Crippen LogP contribution in [0.5, 0.6) is 11.5 Å². The second-order valence-corrected chi connectivity index (χ2v) is 3.55. The Balaban J connectivity index is 2.21. The maximum absolute atomic E-state index is 13.4. The molecule has 2 rings (SSSR count). The van der Waals surface area contributed by atoms with E-state index in [-0.39, 0.29) is 22.7 Å². The van der Waals surface area contributed by atoms with E-state index in [0.717, 1.165) is 6.07 Å². The van der Waals surface area contributed by atoms with Crippen LogP contribution < -0.4 is 5.32 Å². The van der Waals surface area contributed by atoms with Gasteiger partial charge in [-0.3, -0.25) is 9.78 Å². The lowest BCUT2D eigenvalue weighted by atomic mass is 10.2. The van der Waals surface area contributed by atoms with Gasteiger partial charge in [-0.2, -0.15) is 0 Å². The zero-order chi connectivity index (χ0) is 13.1. The van der Waals surface area contributed by atoms with Crippen LogP contribution in [0, 0.1) is 5.82 Å². The molecule has 0 fully saturated rings. The average molecular weight is 248 g/mol. The van der Waals surface area contributed by atoms with E-state index >= 15 is 0 Å². The topological polar surface area (TPSA) is 82.5 Å². The number of rotatable bonds is 2. The lowest BCUT2D eigenvalue weighted by Crippen LogP contribution is -2.13. The molecule has 3 N–H and O–H groups in total. The fourth-order valence-electron chi connectivity index (χ4n) is 1.35. The standard InChI is InChI=1S/C12H9FN2O3/c13-10-4-8(16)1-2-11(10)15-12(18)7-3-9(17)6-14-5-7/h1-6,16-17H,(H,15,18). The van der Waals surface area contributed by atoms with Crippen LogP contribution in [0.2, 0.25) is 0 Å². The third-order valence-corrected chi connectivity index (χ3v) is 2.19. The summed E-state index contributed by atoms with van der Waals surface area (Å²) >= 11 is 0. The number of aromatic hydroxyl groups is 2. The smallest absolute Gasteiger partial charge is 0.257 e. The molecule has 6 heteroatoms. The highest BCUT2D eigenvalue weighted by Gasteiger charge is 2.10. The first-order valence-corrected chi connectivity index (χ1v) is 5.00. The van der Waals surface area contributed by atoms with E-state index in [1.807, 2.05) is 0 Å². The highest BCUT2D eigenvalue weighted by Crippen LogP contribution is 2.20. The minimum absolute atomic E-state index is 0.0684. The maximum atomic E-state index is 13.4. The molecule has 5 nitrogen and oxygen atoms in total. The number of hydrogen-bond donors (Lipinski definition) is 3. The van der Waals surface area contributed by atoms with Crippen LogP contribution in [-0.2, 0) is 0 Å². The monoisotopic (exact) mass is 248 g/mol. The minimum atomic E-state index is -0.753. The molecule has 0 saturated carbocycles. The molecule has 1 aromatic heterocycles. The van der Waals surface area contributed by atoms with Crippen molar-refractivity contribution in [1.82, 2.24) is 4.98 Å². The molecule has 0 atom stereocenters. The van der Waals surface area contributed by atoms with Crippen molar-refractivity contribution in [1.29, 1.82) is 0 Å². The molecule has 18 heavy (non-hydrogen) atoms. The second kappa shape index (κ2) is 4.70. The van der Waals surface area contributed by atoms with Crippen molar-refractivity contribution in [2.24, 2.45) is 0 Å². The fraction of sp³-hybridized carbons (Fsp3) is 0. The molecule has 0 spiro atoms. The minimum Gasteiger partial charge on any atom is -0.508 e. The van der Waals surface area contributed by atoms with E-state index in [4.69, 9.17) is 10.2 Å². The van der Waals surface area contributed by atoms with E-state index in [1.54, 1.807) is 0 Å². The number of halogens is 1. The van der Waals surface area contributed by atoms with Gasteiger partial charge in [-0.15, -0.1) is 0 Å².